The van der Waals surface area contributed by atoms with Crippen LogP contribution in [0.4, 0.5) is 0 Å². The van der Waals surface area contributed by atoms with Crippen LogP contribution in [-0.2, 0) is 0 Å². The van der Waals surface area contributed by atoms with Crippen LogP contribution in [0.3, 0.4) is 0 Å². The van der Waals surface area contributed by atoms with Crippen molar-refractivity contribution in [3.63, 3.8) is 0 Å². The molecule has 0 spiro atoms. The number of pyridine rings is 1. The number of amides is 1. The molecule has 4 nitrogen and oxygen atoms in total. The molecule has 0 saturated carbocycles. The van der Waals surface area contributed by atoms with Crippen molar-refractivity contribution < 1.29 is 4.79 Å². The van der Waals surface area contributed by atoms with Gasteiger partial charge in [-0.15, -0.1) is 0 Å². The average molecular weight is 301 g/mol. The summed E-state index contributed by atoms with van der Waals surface area (Å²) < 4.78 is 2.77. The van der Waals surface area contributed by atoms with Crippen LogP contribution < -0.4 is 5.32 Å². The van der Waals surface area contributed by atoms with Crippen molar-refractivity contribution in [3.8, 4) is 0 Å². The van der Waals surface area contributed by atoms with Gasteiger partial charge in [0.2, 0.25) is 0 Å². The fourth-order valence-corrected chi connectivity index (χ4v) is 1.72. The van der Waals surface area contributed by atoms with Crippen LogP contribution in [-0.4, -0.2) is 22.6 Å². The Morgan fingerprint density at radius 1 is 1.64 bits per heavy atom. The number of rotatable bonds is 1. The first-order chi connectivity index (χ1) is 6.72. The van der Waals surface area contributed by atoms with Crippen LogP contribution >= 0.6 is 22.6 Å². The monoisotopic (exact) mass is 301 g/mol. The molecule has 0 fully saturated rings. The normalized spacial score (nSPS) is 10.4. The summed E-state index contributed by atoms with van der Waals surface area (Å²) in [5.74, 6) is -0.109. The molecule has 0 aliphatic rings. The molecule has 0 atom stereocenters. The Morgan fingerprint density at radius 2 is 2.43 bits per heavy atom. The highest BCUT2D eigenvalue weighted by Gasteiger charge is 2.10. The molecule has 0 aliphatic carbocycles. The maximum atomic E-state index is 11.4. The van der Waals surface area contributed by atoms with Gasteiger partial charge < -0.3 is 5.32 Å². The number of carbonyl (C=O) groups is 1. The van der Waals surface area contributed by atoms with Crippen molar-refractivity contribution in [2.75, 3.05) is 7.05 Å². The minimum absolute atomic E-state index is 0.109. The van der Waals surface area contributed by atoms with Gasteiger partial charge in [0.1, 0.15) is 0 Å². The van der Waals surface area contributed by atoms with Crippen LogP contribution in [0.5, 0.6) is 0 Å². The highest BCUT2D eigenvalue weighted by molar-refractivity contribution is 14.1. The topological polar surface area (TPSA) is 46.4 Å². The lowest BCUT2D eigenvalue weighted by Crippen LogP contribution is -2.17. The van der Waals surface area contributed by atoms with E-state index in [-0.39, 0.29) is 5.91 Å². The third kappa shape index (κ3) is 1.47. The summed E-state index contributed by atoms with van der Waals surface area (Å²) >= 11 is 2.20. The summed E-state index contributed by atoms with van der Waals surface area (Å²) in [5.41, 5.74) is 1.43. The molecule has 72 valence electrons. The summed E-state index contributed by atoms with van der Waals surface area (Å²) in [4.78, 5) is 11.4. The van der Waals surface area contributed by atoms with Gasteiger partial charge in [-0.1, -0.05) is 0 Å². The quantitative estimate of drug-likeness (QED) is 0.807. The molecule has 0 aliphatic heterocycles. The maximum Gasteiger partial charge on any atom is 0.254 e. The first-order valence-electron chi connectivity index (χ1n) is 4.07. The van der Waals surface area contributed by atoms with Gasteiger partial charge in [0.05, 0.1) is 17.3 Å². The second-order valence-electron chi connectivity index (χ2n) is 2.81. The standard InChI is InChI=1S/C9H8IN3O/c1-11-9(14)7-5-12-13-3-2-6(10)4-8(7)13/h2-5H,1H3,(H,11,14). The summed E-state index contributed by atoms with van der Waals surface area (Å²) in [5, 5.41) is 6.67. The molecular formula is C9H8IN3O. The molecule has 2 aromatic rings. The predicted molar refractivity (Wildman–Crippen MR) is 61.3 cm³/mol. The molecule has 0 saturated heterocycles. The lowest BCUT2D eigenvalue weighted by atomic mass is 10.2. The van der Waals surface area contributed by atoms with E-state index in [1.165, 1.54) is 0 Å². The average Bonchev–Trinajstić information content (AvgIpc) is 2.59. The van der Waals surface area contributed by atoms with E-state index < -0.39 is 0 Å². The van der Waals surface area contributed by atoms with Crippen molar-refractivity contribution in [2.24, 2.45) is 0 Å². The van der Waals surface area contributed by atoms with Crippen molar-refractivity contribution in [3.05, 3.63) is 33.7 Å². The second-order valence-corrected chi connectivity index (χ2v) is 4.06. The van der Waals surface area contributed by atoms with Crippen LogP contribution in [0.2, 0.25) is 0 Å². The van der Waals surface area contributed by atoms with E-state index in [0.29, 0.717) is 5.56 Å². The SMILES string of the molecule is CNC(=O)c1cnn2ccc(I)cc12. The number of nitrogens with zero attached hydrogens (tertiary/aromatic N) is 2. The highest BCUT2D eigenvalue weighted by Crippen LogP contribution is 2.13. The van der Waals surface area contributed by atoms with E-state index in [1.54, 1.807) is 17.8 Å². The Morgan fingerprint density at radius 3 is 3.14 bits per heavy atom. The smallest absolute Gasteiger partial charge is 0.254 e. The largest absolute Gasteiger partial charge is 0.355 e. The third-order valence-corrected chi connectivity index (χ3v) is 2.63. The Kier molecular flexibility index (Phi) is 2.40. The van der Waals surface area contributed by atoms with E-state index >= 15 is 0 Å². The molecular weight excluding hydrogens is 293 g/mol. The second kappa shape index (κ2) is 3.56. The third-order valence-electron chi connectivity index (χ3n) is 1.96. The molecule has 14 heavy (non-hydrogen) atoms. The molecule has 2 rings (SSSR count). The minimum atomic E-state index is -0.109. The summed E-state index contributed by atoms with van der Waals surface area (Å²) in [7, 11) is 1.61. The number of nitrogens with one attached hydrogen (secondary N) is 1. The van der Waals surface area contributed by atoms with Gasteiger partial charge in [-0.3, -0.25) is 4.79 Å². The van der Waals surface area contributed by atoms with Crippen molar-refractivity contribution in [1.82, 2.24) is 14.9 Å². The Balaban J connectivity index is 2.67. The first kappa shape index (κ1) is 9.45. The summed E-state index contributed by atoms with van der Waals surface area (Å²) in [6.07, 6.45) is 3.41. The number of hydrogen-bond donors (Lipinski definition) is 1. The lowest BCUT2D eigenvalue weighted by molar-refractivity contribution is 0.0964. The van der Waals surface area contributed by atoms with Crippen molar-refractivity contribution in [1.29, 1.82) is 0 Å². The van der Waals surface area contributed by atoms with Crippen molar-refractivity contribution in [2.45, 2.75) is 0 Å². The molecule has 1 N–H and O–H groups in total. The van der Waals surface area contributed by atoms with Crippen LogP contribution in [0.1, 0.15) is 10.4 Å². The molecule has 5 heteroatoms. The van der Waals surface area contributed by atoms with E-state index in [4.69, 9.17) is 0 Å². The molecule has 2 aromatic heterocycles. The van der Waals surface area contributed by atoms with Crippen LogP contribution in [0.25, 0.3) is 5.52 Å². The molecule has 1 amide bonds. The number of hydrogen-bond acceptors (Lipinski definition) is 2. The summed E-state index contributed by atoms with van der Waals surface area (Å²) in [6, 6.07) is 3.87. The van der Waals surface area contributed by atoms with Gasteiger partial charge in [0, 0.05) is 16.8 Å². The molecule has 0 radical (unpaired) electrons. The van der Waals surface area contributed by atoms with Gasteiger partial charge in [0.15, 0.2) is 0 Å². The van der Waals surface area contributed by atoms with Crippen LogP contribution in [0, 0.1) is 3.57 Å². The van der Waals surface area contributed by atoms with Gasteiger partial charge in [0.25, 0.3) is 5.91 Å². The van der Waals surface area contributed by atoms with E-state index in [1.807, 2.05) is 18.3 Å². The molecule has 0 bridgehead atoms. The van der Waals surface area contributed by atoms with E-state index in [2.05, 4.69) is 33.0 Å². The fourth-order valence-electron chi connectivity index (χ4n) is 1.26. The Bertz CT molecular complexity index is 492. The summed E-state index contributed by atoms with van der Waals surface area (Å²) in [6.45, 7) is 0. The van der Waals surface area contributed by atoms with Gasteiger partial charge in [-0.2, -0.15) is 5.10 Å². The molecule has 0 aromatic carbocycles. The van der Waals surface area contributed by atoms with Crippen LogP contribution in [0.15, 0.2) is 24.5 Å². The molecule has 2 heterocycles. The lowest BCUT2D eigenvalue weighted by Gasteiger charge is -1.97. The minimum Gasteiger partial charge on any atom is -0.355 e. The Labute approximate surface area is 94.4 Å². The zero-order valence-electron chi connectivity index (χ0n) is 7.49. The number of carbonyl (C=O) groups excluding carboxylic acids is 1. The number of fused-ring (bicyclic) bond motifs is 1. The van der Waals surface area contributed by atoms with E-state index in [9.17, 15) is 4.79 Å². The fraction of sp³-hybridized carbons (Fsp3) is 0.111. The Hall–Kier alpha value is -1.11. The zero-order valence-corrected chi connectivity index (χ0v) is 9.65. The first-order valence-corrected chi connectivity index (χ1v) is 5.15. The van der Waals surface area contributed by atoms with Gasteiger partial charge in [-0.05, 0) is 34.7 Å². The molecule has 0 unspecified atom stereocenters. The maximum absolute atomic E-state index is 11.4. The van der Waals surface area contributed by atoms with Crippen molar-refractivity contribution >= 4 is 34.0 Å². The van der Waals surface area contributed by atoms with Gasteiger partial charge in [-0.25, -0.2) is 4.52 Å². The highest BCUT2D eigenvalue weighted by atomic mass is 127. The number of aromatic nitrogens is 2. The number of halogens is 1. The van der Waals surface area contributed by atoms with E-state index in [0.717, 1.165) is 9.09 Å². The predicted octanol–water partition coefficient (Wildman–Crippen LogP) is 1.30. The van der Waals surface area contributed by atoms with Gasteiger partial charge >= 0.3 is 0 Å². The zero-order chi connectivity index (χ0) is 10.1.